The molecule has 31 heavy (non-hydrogen) atoms. The summed E-state index contributed by atoms with van der Waals surface area (Å²) in [6, 6.07) is 8.03. The summed E-state index contributed by atoms with van der Waals surface area (Å²) in [5.41, 5.74) is 14.3. The molecule has 4 rings (SSSR count). The van der Waals surface area contributed by atoms with E-state index >= 15 is 0 Å². The largest absolute Gasteiger partial charge is 0.379 e. The van der Waals surface area contributed by atoms with Crippen molar-refractivity contribution in [2.24, 2.45) is 11.5 Å². The molecule has 7 N–H and O–H groups in total. The molecule has 2 aromatic rings. The van der Waals surface area contributed by atoms with Gasteiger partial charge >= 0.3 is 0 Å². The van der Waals surface area contributed by atoms with Gasteiger partial charge < -0.3 is 27.4 Å². The lowest BCUT2D eigenvalue weighted by molar-refractivity contribution is 0.0996. The average Bonchev–Trinajstić information content (AvgIpc) is 2.76. The van der Waals surface area contributed by atoms with E-state index in [1.165, 1.54) is 6.42 Å². The summed E-state index contributed by atoms with van der Waals surface area (Å²) in [7, 11) is 0. The Bertz CT molecular complexity index is 899. The first-order chi connectivity index (χ1) is 15.1. The van der Waals surface area contributed by atoms with Crippen LogP contribution in [-0.2, 0) is 6.54 Å². The molecule has 0 aromatic carbocycles. The monoisotopic (exact) mass is 424 g/mol. The second-order valence-electron chi connectivity index (χ2n) is 8.35. The molecule has 0 radical (unpaired) electrons. The van der Waals surface area contributed by atoms with E-state index in [0.29, 0.717) is 11.5 Å². The molecule has 0 spiro atoms. The summed E-state index contributed by atoms with van der Waals surface area (Å²) in [5.74, 6) is 0.0730. The van der Waals surface area contributed by atoms with E-state index < -0.39 is 5.91 Å². The van der Waals surface area contributed by atoms with E-state index in [2.05, 4.69) is 25.8 Å². The molecule has 2 aromatic heterocycles. The first-order valence-electron chi connectivity index (χ1n) is 11.1. The molecule has 2 fully saturated rings. The van der Waals surface area contributed by atoms with Crippen molar-refractivity contribution >= 4 is 23.1 Å². The Morgan fingerprint density at radius 3 is 2.81 bits per heavy atom. The lowest BCUT2D eigenvalue weighted by atomic mass is 9.91. The molecule has 2 aliphatic rings. The topological polar surface area (TPSA) is 134 Å². The molecular formula is C22H32N8O. The molecule has 1 aliphatic carbocycles. The first kappa shape index (κ1) is 21.5. The van der Waals surface area contributed by atoms with E-state index in [-0.39, 0.29) is 17.8 Å². The molecule has 1 saturated heterocycles. The number of carbonyl (C=O) groups is 1. The van der Waals surface area contributed by atoms with Gasteiger partial charge in [-0.2, -0.15) is 0 Å². The van der Waals surface area contributed by atoms with Gasteiger partial charge in [0.05, 0.1) is 23.3 Å². The van der Waals surface area contributed by atoms with Gasteiger partial charge in [-0.15, -0.1) is 0 Å². The maximum Gasteiger partial charge on any atom is 0.269 e. The van der Waals surface area contributed by atoms with Gasteiger partial charge in [-0.05, 0) is 31.0 Å². The summed E-state index contributed by atoms with van der Waals surface area (Å²) in [4.78, 5) is 23.3. The van der Waals surface area contributed by atoms with Crippen molar-refractivity contribution in [2.75, 3.05) is 36.8 Å². The standard InChI is InChI=1S/C22H32N8O/c23-17-5-1-2-6-18(17)27-16-12-19(21(22(24)31)26-13-16)29-20-7-3-4-15(28-20)14-30-10-8-25-9-11-30/h3-4,7,12-13,17-18,25,27H,1-2,5-6,8-11,14,23H2,(H2,24,31)(H,28,29)/t17-,18+/m0/s1. The molecule has 3 heterocycles. The molecule has 9 nitrogen and oxygen atoms in total. The minimum absolute atomic E-state index is 0.115. The number of aromatic nitrogens is 2. The minimum Gasteiger partial charge on any atom is -0.379 e. The Morgan fingerprint density at radius 2 is 2.03 bits per heavy atom. The molecule has 0 unspecified atom stereocenters. The third-order valence-electron chi connectivity index (χ3n) is 5.96. The number of amides is 1. The quantitative estimate of drug-likeness (QED) is 0.450. The van der Waals surface area contributed by atoms with E-state index in [4.69, 9.17) is 16.5 Å². The number of carbonyl (C=O) groups excluding carboxylic acids is 1. The number of nitrogens with one attached hydrogen (secondary N) is 3. The third-order valence-corrected chi connectivity index (χ3v) is 5.96. The lowest BCUT2D eigenvalue weighted by Gasteiger charge is -2.30. The number of primary amides is 1. The van der Waals surface area contributed by atoms with E-state index in [9.17, 15) is 4.79 Å². The van der Waals surface area contributed by atoms with Crippen LogP contribution in [0.15, 0.2) is 30.5 Å². The Labute approximate surface area is 183 Å². The Hall–Kier alpha value is -2.75. The van der Waals surface area contributed by atoms with Gasteiger partial charge in [0.2, 0.25) is 0 Å². The number of pyridine rings is 2. The maximum atomic E-state index is 11.9. The number of hydrogen-bond acceptors (Lipinski definition) is 8. The highest BCUT2D eigenvalue weighted by Gasteiger charge is 2.22. The van der Waals surface area contributed by atoms with Crippen LogP contribution in [0, 0.1) is 0 Å². The van der Waals surface area contributed by atoms with Crippen LogP contribution in [0.4, 0.5) is 17.2 Å². The molecule has 166 valence electrons. The smallest absolute Gasteiger partial charge is 0.269 e. The van der Waals surface area contributed by atoms with Gasteiger partial charge in [0.25, 0.3) is 5.91 Å². The van der Waals surface area contributed by atoms with Crippen molar-refractivity contribution in [2.45, 2.75) is 44.3 Å². The summed E-state index contributed by atoms with van der Waals surface area (Å²) in [6.07, 6.45) is 6.01. The van der Waals surface area contributed by atoms with Crippen LogP contribution < -0.4 is 27.4 Å². The summed E-state index contributed by atoms with van der Waals surface area (Å²) in [5, 5.41) is 10.1. The number of piperazine rings is 1. The predicted octanol–water partition coefficient (Wildman–Crippen LogP) is 1.41. The Morgan fingerprint density at radius 1 is 1.23 bits per heavy atom. The highest BCUT2D eigenvalue weighted by atomic mass is 16.1. The Kier molecular flexibility index (Phi) is 6.96. The number of hydrogen-bond donors (Lipinski definition) is 5. The van der Waals surface area contributed by atoms with Crippen molar-refractivity contribution in [3.63, 3.8) is 0 Å². The third kappa shape index (κ3) is 5.69. The highest BCUT2D eigenvalue weighted by molar-refractivity contribution is 5.97. The fraction of sp³-hybridized carbons (Fsp3) is 0.500. The number of nitrogens with zero attached hydrogens (tertiary/aromatic N) is 3. The van der Waals surface area contributed by atoms with Crippen LogP contribution in [0.25, 0.3) is 0 Å². The van der Waals surface area contributed by atoms with Crippen molar-refractivity contribution < 1.29 is 4.79 Å². The van der Waals surface area contributed by atoms with Gasteiger partial charge in [0, 0.05) is 44.8 Å². The second-order valence-corrected chi connectivity index (χ2v) is 8.35. The van der Waals surface area contributed by atoms with Crippen LogP contribution in [0.2, 0.25) is 0 Å². The lowest BCUT2D eigenvalue weighted by Crippen LogP contribution is -2.43. The van der Waals surface area contributed by atoms with Crippen molar-refractivity contribution in [3.8, 4) is 0 Å². The zero-order valence-corrected chi connectivity index (χ0v) is 17.8. The molecule has 0 bridgehead atoms. The van der Waals surface area contributed by atoms with Crippen LogP contribution >= 0.6 is 0 Å². The van der Waals surface area contributed by atoms with Crippen LogP contribution in [-0.4, -0.2) is 59.0 Å². The normalized spacial score (nSPS) is 22.1. The molecule has 1 aliphatic heterocycles. The molecule has 1 saturated carbocycles. The number of nitrogens with two attached hydrogens (primary N) is 2. The van der Waals surface area contributed by atoms with Crippen molar-refractivity contribution in [1.82, 2.24) is 20.2 Å². The van der Waals surface area contributed by atoms with E-state index in [1.54, 1.807) is 6.20 Å². The van der Waals surface area contributed by atoms with E-state index in [0.717, 1.165) is 63.4 Å². The number of anilines is 3. The van der Waals surface area contributed by atoms with E-state index in [1.807, 2.05) is 24.3 Å². The Balaban J connectivity index is 1.50. The number of rotatable bonds is 7. The average molecular weight is 425 g/mol. The fourth-order valence-electron chi connectivity index (χ4n) is 4.26. The summed E-state index contributed by atoms with van der Waals surface area (Å²) >= 11 is 0. The van der Waals surface area contributed by atoms with Crippen molar-refractivity contribution in [3.05, 3.63) is 41.9 Å². The molecule has 2 atom stereocenters. The van der Waals surface area contributed by atoms with Crippen LogP contribution in [0.1, 0.15) is 41.9 Å². The zero-order chi connectivity index (χ0) is 21.6. The van der Waals surface area contributed by atoms with Crippen molar-refractivity contribution in [1.29, 1.82) is 0 Å². The van der Waals surface area contributed by atoms with Gasteiger partial charge in [0.1, 0.15) is 5.82 Å². The van der Waals surface area contributed by atoms with Crippen LogP contribution in [0.5, 0.6) is 0 Å². The zero-order valence-electron chi connectivity index (χ0n) is 17.8. The van der Waals surface area contributed by atoms with Crippen LogP contribution in [0.3, 0.4) is 0 Å². The predicted molar refractivity (Wildman–Crippen MR) is 122 cm³/mol. The summed E-state index contributed by atoms with van der Waals surface area (Å²) in [6.45, 7) is 4.80. The molecular weight excluding hydrogens is 392 g/mol. The SMILES string of the molecule is NC(=O)c1ncc(N[C@@H]2CCCC[C@@H]2N)cc1Nc1cccc(CN2CCNCC2)n1. The highest BCUT2D eigenvalue weighted by Crippen LogP contribution is 2.25. The minimum atomic E-state index is -0.583. The summed E-state index contributed by atoms with van der Waals surface area (Å²) < 4.78 is 0. The van der Waals surface area contributed by atoms with Gasteiger partial charge in [0.15, 0.2) is 5.69 Å². The molecule has 1 amide bonds. The van der Waals surface area contributed by atoms with Gasteiger partial charge in [-0.25, -0.2) is 9.97 Å². The van der Waals surface area contributed by atoms with Gasteiger partial charge in [-0.3, -0.25) is 9.69 Å². The maximum absolute atomic E-state index is 11.9. The first-order valence-corrected chi connectivity index (χ1v) is 11.1. The van der Waals surface area contributed by atoms with Gasteiger partial charge in [-0.1, -0.05) is 18.9 Å². The second kappa shape index (κ2) is 10.0. The fourth-order valence-corrected chi connectivity index (χ4v) is 4.26. The molecule has 9 heteroatoms.